The van der Waals surface area contributed by atoms with Crippen LogP contribution in [0.15, 0.2) is 35.1 Å². The number of hydrogen-bond donors (Lipinski definition) is 0. The minimum absolute atomic E-state index is 0.0579. The molecule has 3 aromatic rings. The number of rotatable bonds is 5. The molecule has 0 saturated heterocycles. The second kappa shape index (κ2) is 6.34. The lowest BCUT2D eigenvalue weighted by Gasteiger charge is -2.13. The van der Waals surface area contributed by atoms with Crippen molar-refractivity contribution in [2.75, 3.05) is 7.05 Å². The minimum atomic E-state index is -0.160. The quantitative estimate of drug-likeness (QED) is 0.682. The SMILES string of the molecule is Cc1cccc(-c2noc(CN(C)C(=O)Cn3cnnn3)n2)c1. The van der Waals surface area contributed by atoms with Crippen LogP contribution < -0.4 is 0 Å². The van der Waals surface area contributed by atoms with Gasteiger partial charge in [-0.25, -0.2) is 4.68 Å². The predicted molar refractivity (Wildman–Crippen MR) is 78.8 cm³/mol. The van der Waals surface area contributed by atoms with Crippen molar-refractivity contribution in [3.05, 3.63) is 42.0 Å². The number of hydrogen-bond acceptors (Lipinski definition) is 7. The number of nitrogens with zero attached hydrogens (tertiary/aromatic N) is 7. The Bertz CT molecular complexity index is 797. The Morgan fingerprint density at radius 2 is 2.26 bits per heavy atom. The van der Waals surface area contributed by atoms with E-state index in [-0.39, 0.29) is 19.0 Å². The molecule has 0 N–H and O–H groups in total. The van der Waals surface area contributed by atoms with Gasteiger partial charge < -0.3 is 9.42 Å². The van der Waals surface area contributed by atoms with Crippen LogP contribution in [0.3, 0.4) is 0 Å². The maximum absolute atomic E-state index is 12.1. The highest BCUT2D eigenvalue weighted by Crippen LogP contribution is 2.17. The van der Waals surface area contributed by atoms with Gasteiger partial charge in [-0.2, -0.15) is 4.98 Å². The number of amides is 1. The molecule has 0 aliphatic rings. The van der Waals surface area contributed by atoms with Crippen molar-refractivity contribution in [3.63, 3.8) is 0 Å². The highest BCUT2D eigenvalue weighted by molar-refractivity contribution is 5.75. The van der Waals surface area contributed by atoms with Crippen molar-refractivity contribution in [2.24, 2.45) is 0 Å². The zero-order valence-electron chi connectivity index (χ0n) is 12.7. The third kappa shape index (κ3) is 3.57. The summed E-state index contributed by atoms with van der Waals surface area (Å²) in [5, 5.41) is 14.6. The molecule has 0 atom stereocenters. The van der Waals surface area contributed by atoms with E-state index in [1.165, 1.54) is 15.9 Å². The third-order valence-corrected chi connectivity index (χ3v) is 3.23. The molecule has 0 radical (unpaired) electrons. The predicted octanol–water partition coefficient (Wildman–Crippen LogP) is 0.690. The van der Waals surface area contributed by atoms with Crippen LogP contribution in [0, 0.1) is 6.92 Å². The van der Waals surface area contributed by atoms with Crippen LogP contribution in [0.1, 0.15) is 11.5 Å². The summed E-state index contributed by atoms with van der Waals surface area (Å²) in [6.45, 7) is 2.28. The molecule has 2 heterocycles. The Hall–Kier alpha value is -3.10. The first kappa shape index (κ1) is 14.8. The molecule has 1 aromatic carbocycles. The standard InChI is InChI=1S/C14H15N7O2/c1-10-4-3-5-11(6-10)14-16-12(23-17-14)7-20(2)13(22)8-21-9-15-18-19-21/h3-6,9H,7-8H2,1-2H3. The summed E-state index contributed by atoms with van der Waals surface area (Å²) in [5.41, 5.74) is 1.99. The van der Waals surface area contributed by atoms with Crippen molar-refractivity contribution in [3.8, 4) is 11.4 Å². The molecule has 9 nitrogen and oxygen atoms in total. The van der Waals surface area contributed by atoms with Crippen molar-refractivity contribution >= 4 is 5.91 Å². The summed E-state index contributed by atoms with van der Waals surface area (Å²) in [5.74, 6) is 0.715. The number of aryl methyl sites for hydroxylation is 1. The van der Waals surface area contributed by atoms with Gasteiger partial charge in [0, 0.05) is 12.6 Å². The van der Waals surface area contributed by atoms with Crippen LogP contribution in [-0.2, 0) is 17.9 Å². The van der Waals surface area contributed by atoms with Gasteiger partial charge >= 0.3 is 0 Å². The van der Waals surface area contributed by atoms with Crippen LogP contribution in [0.25, 0.3) is 11.4 Å². The fourth-order valence-electron chi connectivity index (χ4n) is 2.02. The van der Waals surface area contributed by atoms with E-state index in [0.29, 0.717) is 11.7 Å². The Kier molecular flexibility index (Phi) is 4.09. The van der Waals surface area contributed by atoms with E-state index in [1.807, 2.05) is 31.2 Å². The number of benzene rings is 1. The van der Waals surface area contributed by atoms with Gasteiger partial charge in [-0.1, -0.05) is 28.9 Å². The van der Waals surface area contributed by atoms with E-state index >= 15 is 0 Å². The van der Waals surface area contributed by atoms with Gasteiger partial charge in [0.2, 0.25) is 17.6 Å². The Labute approximate surface area is 131 Å². The van der Waals surface area contributed by atoms with Crippen molar-refractivity contribution in [1.29, 1.82) is 0 Å². The van der Waals surface area contributed by atoms with E-state index in [2.05, 4.69) is 25.7 Å². The van der Waals surface area contributed by atoms with Crippen LogP contribution >= 0.6 is 0 Å². The third-order valence-electron chi connectivity index (χ3n) is 3.23. The van der Waals surface area contributed by atoms with Crippen LogP contribution in [0.4, 0.5) is 0 Å². The molecule has 0 spiro atoms. The van der Waals surface area contributed by atoms with Crippen LogP contribution in [0.2, 0.25) is 0 Å². The summed E-state index contributed by atoms with van der Waals surface area (Å²) in [6, 6.07) is 7.81. The van der Waals surface area contributed by atoms with E-state index in [0.717, 1.165) is 11.1 Å². The summed E-state index contributed by atoms with van der Waals surface area (Å²) in [6.07, 6.45) is 1.38. The van der Waals surface area contributed by atoms with Gasteiger partial charge in [0.25, 0.3) is 0 Å². The Morgan fingerprint density at radius 1 is 1.39 bits per heavy atom. The van der Waals surface area contributed by atoms with Gasteiger partial charge in [-0.05, 0) is 23.4 Å². The number of carbonyl (C=O) groups excluding carboxylic acids is 1. The van der Waals surface area contributed by atoms with Crippen molar-refractivity contribution in [2.45, 2.75) is 20.0 Å². The molecule has 2 aromatic heterocycles. The van der Waals surface area contributed by atoms with Gasteiger partial charge in [0.1, 0.15) is 12.9 Å². The highest BCUT2D eigenvalue weighted by atomic mass is 16.5. The lowest BCUT2D eigenvalue weighted by molar-refractivity contribution is -0.131. The largest absolute Gasteiger partial charge is 0.337 e. The van der Waals surface area contributed by atoms with Crippen LogP contribution in [0.5, 0.6) is 0 Å². The Balaban J connectivity index is 1.65. The zero-order chi connectivity index (χ0) is 16.2. The summed E-state index contributed by atoms with van der Waals surface area (Å²) in [7, 11) is 1.66. The normalized spacial score (nSPS) is 10.7. The van der Waals surface area contributed by atoms with E-state index in [4.69, 9.17) is 4.52 Å². The molecule has 0 bridgehead atoms. The maximum atomic E-state index is 12.1. The van der Waals surface area contributed by atoms with Crippen LogP contribution in [-0.4, -0.2) is 48.2 Å². The average Bonchev–Trinajstić information content (AvgIpc) is 3.19. The van der Waals surface area contributed by atoms with E-state index in [9.17, 15) is 4.79 Å². The smallest absolute Gasteiger partial charge is 0.246 e. The molecule has 0 fully saturated rings. The molecule has 3 rings (SSSR count). The number of carbonyl (C=O) groups is 1. The first-order valence-corrected chi connectivity index (χ1v) is 6.96. The van der Waals surface area contributed by atoms with E-state index in [1.54, 1.807) is 7.05 Å². The molecule has 23 heavy (non-hydrogen) atoms. The molecule has 0 aliphatic heterocycles. The molecule has 118 valence electrons. The fourth-order valence-corrected chi connectivity index (χ4v) is 2.02. The van der Waals surface area contributed by atoms with Gasteiger partial charge in [-0.3, -0.25) is 4.79 Å². The van der Waals surface area contributed by atoms with Gasteiger partial charge in [-0.15, -0.1) is 5.10 Å². The molecule has 0 unspecified atom stereocenters. The molecule has 1 amide bonds. The minimum Gasteiger partial charge on any atom is -0.337 e. The van der Waals surface area contributed by atoms with Gasteiger partial charge in [0.15, 0.2) is 0 Å². The average molecular weight is 313 g/mol. The summed E-state index contributed by atoms with van der Waals surface area (Å²) < 4.78 is 6.56. The second-order valence-corrected chi connectivity index (χ2v) is 5.14. The molecular weight excluding hydrogens is 298 g/mol. The summed E-state index contributed by atoms with van der Waals surface area (Å²) >= 11 is 0. The topological polar surface area (TPSA) is 103 Å². The molecule has 9 heteroatoms. The molecular formula is C14H15N7O2. The number of aromatic nitrogens is 6. The molecule has 0 saturated carbocycles. The highest BCUT2D eigenvalue weighted by Gasteiger charge is 2.15. The maximum Gasteiger partial charge on any atom is 0.246 e. The lowest BCUT2D eigenvalue weighted by atomic mass is 10.1. The monoisotopic (exact) mass is 313 g/mol. The first-order valence-electron chi connectivity index (χ1n) is 6.96. The lowest BCUT2D eigenvalue weighted by Crippen LogP contribution is -2.30. The Morgan fingerprint density at radius 3 is 3.00 bits per heavy atom. The fraction of sp³-hybridized carbons (Fsp3) is 0.286. The molecule has 0 aliphatic carbocycles. The van der Waals surface area contributed by atoms with Crippen molar-refractivity contribution < 1.29 is 9.32 Å². The van der Waals surface area contributed by atoms with E-state index < -0.39 is 0 Å². The zero-order valence-corrected chi connectivity index (χ0v) is 12.7. The van der Waals surface area contributed by atoms with Crippen molar-refractivity contribution in [1.82, 2.24) is 35.2 Å². The number of tetrazole rings is 1. The van der Waals surface area contributed by atoms with Gasteiger partial charge in [0.05, 0.1) is 6.54 Å². The number of likely N-dealkylation sites (N-methyl/N-ethyl adjacent to an activating group) is 1. The summed E-state index contributed by atoms with van der Waals surface area (Å²) in [4.78, 5) is 17.9. The second-order valence-electron chi connectivity index (χ2n) is 5.14. The first-order chi connectivity index (χ1) is 11.1.